The third kappa shape index (κ3) is 3.54. The highest BCUT2D eigenvalue weighted by Crippen LogP contribution is 2.64. The summed E-state index contributed by atoms with van der Waals surface area (Å²) in [7, 11) is 1.56. The first-order valence-electron chi connectivity index (χ1n) is 11.7. The molecule has 3 saturated heterocycles. The number of amides is 3. The van der Waals surface area contributed by atoms with Crippen molar-refractivity contribution < 1.29 is 24.2 Å². The average molecular weight is 478 g/mol. The lowest BCUT2D eigenvalue weighted by Gasteiger charge is -2.33. The van der Waals surface area contributed by atoms with Gasteiger partial charge in [0.15, 0.2) is 0 Å². The van der Waals surface area contributed by atoms with Crippen molar-refractivity contribution in [2.24, 2.45) is 11.8 Å². The van der Waals surface area contributed by atoms with E-state index >= 15 is 0 Å². The van der Waals surface area contributed by atoms with Crippen LogP contribution in [0.15, 0.2) is 18.2 Å². The smallest absolute Gasteiger partial charge is 0.250 e. The molecule has 2 bridgehead atoms. The predicted molar refractivity (Wildman–Crippen MR) is 124 cm³/mol. The van der Waals surface area contributed by atoms with E-state index in [1.54, 1.807) is 18.0 Å². The monoisotopic (exact) mass is 477 g/mol. The fraction of sp³-hybridized carbons (Fsp3) is 0.625. The molecule has 33 heavy (non-hydrogen) atoms. The summed E-state index contributed by atoms with van der Waals surface area (Å²) >= 11 is 6.36. The lowest BCUT2D eigenvalue weighted by molar-refractivity contribution is -0.145. The number of fused-ring (bicyclic) bond motifs is 1. The maximum atomic E-state index is 13.8. The summed E-state index contributed by atoms with van der Waals surface area (Å²) in [6.45, 7) is 4.12. The number of anilines is 1. The van der Waals surface area contributed by atoms with Gasteiger partial charge < -0.3 is 25.4 Å². The number of para-hydroxylation sites is 1. The number of ether oxygens (including phenoxy) is 1. The maximum absolute atomic E-state index is 13.8. The molecular formula is C24H32ClN3O5. The topological polar surface area (TPSA) is 108 Å². The van der Waals surface area contributed by atoms with Crippen LogP contribution in [0, 0.1) is 18.8 Å². The first kappa shape index (κ1) is 24.0. The van der Waals surface area contributed by atoms with Gasteiger partial charge in [-0.25, -0.2) is 0 Å². The van der Waals surface area contributed by atoms with Gasteiger partial charge in [0.2, 0.25) is 17.7 Å². The molecule has 180 valence electrons. The molecule has 3 heterocycles. The molecule has 8 nitrogen and oxygen atoms in total. The number of carbonyl (C=O) groups is 3. The average Bonchev–Trinajstić information content (AvgIpc) is 3.40. The fourth-order valence-corrected chi connectivity index (χ4v) is 6.46. The third-order valence-corrected chi connectivity index (χ3v) is 8.05. The summed E-state index contributed by atoms with van der Waals surface area (Å²) in [5, 5.41) is 15.3. The van der Waals surface area contributed by atoms with Crippen LogP contribution in [0.5, 0.6) is 0 Å². The number of halogens is 1. The van der Waals surface area contributed by atoms with Gasteiger partial charge in [0.1, 0.15) is 11.6 Å². The van der Waals surface area contributed by atoms with Crippen LogP contribution in [0.25, 0.3) is 0 Å². The van der Waals surface area contributed by atoms with Crippen LogP contribution in [0.2, 0.25) is 5.02 Å². The second-order valence-electron chi connectivity index (χ2n) is 9.33. The molecule has 0 radical (unpaired) electrons. The summed E-state index contributed by atoms with van der Waals surface area (Å²) in [6.07, 6.45) is 2.78. The Hall–Kier alpha value is -2.16. The molecule has 2 unspecified atom stereocenters. The Labute approximate surface area is 199 Å². The molecule has 3 aliphatic heterocycles. The largest absolute Gasteiger partial charge is 0.396 e. The summed E-state index contributed by atoms with van der Waals surface area (Å²) in [4.78, 5) is 42.1. The van der Waals surface area contributed by atoms with Crippen LogP contribution in [-0.4, -0.2) is 65.2 Å². The minimum Gasteiger partial charge on any atom is -0.396 e. The highest BCUT2D eigenvalue weighted by molar-refractivity contribution is 6.34. The molecule has 1 spiro atoms. The van der Waals surface area contributed by atoms with Crippen LogP contribution in [0.3, 0.4) is 0 Å². The highest BCUT2D eigenvalue weighted by Gasteiger charge is 2.78. The first-order chi connectivity index (χ1) is 15.8. The molecule has 4 rings (SSSR count). The summed E-state index contributed by atoms with van der Waals surface area (Å²) in [5.74, 6) is -2.18. The van der Waals surface area contributed by atoms with Crippen LogP contribution < -0.4 is 10.6 Å². The molecular weight excluding hydrogens is 446 g/mol. The quantitative estimate of drug-likeness (QED) is 0.498. The van der Waals surface area contributed by atoms with Gasteiger partial charge in [-0.05, 0) is 50.7 Å². The first-order valence-corrected chi connectivity index (χ1v) is 12.0. The van der Waals surface area contributed by atoms with Crippen molar-refractivity contribution in [3.05, 3.63) is 28.8 Å². The van der Waals surface area contributed by atoms with Gasteiger partial charge >= 0.3 is 0 Å². The third-order valence-electron chi connectivity index (χ3n) is 7.74. The number of benzene rings is 1. The SMILES string of the molecule is CC[C@]12CCC3(O1)C(C(=O)Nc1c(C)cccc1Cl)N(CCCCO)C(=O)[C@@H]3[C@H]2C(=O)NC. The number of hydrogen-bond donors (Lipinski definition) is 3. The van der Waals surface area contributed by atoms with Crippen molar-refractivity contribution in [2.45, 2.75) is 63.2 Å². The number of carbonyl (C=O) groups excluding carboxylic acids is 3. The molecule has 3 N–H and O–H groups in total. The van der Waals surface area contributed by atoms with Crippen molar-refractivity contribution in [3.63, 3.8) is 0 Å². The normalized spacial score (nSPS) is 32.2. The van der Waals surface area contributed by atoms with Crippen molar-refractivity contribution >= 4 is 35.0 Å². The number of unbranched alkanes of at least 4 members (excludes halogenated alkanes) is 1. The van der Waals surface area contributed by atoms with Gasteiger partial charge in [-0.15, -0.1) is 0 Å². The van der Waals surface area contributed by atoms with E-state index in [-0.39, 0.29) is 24.3 Å². The second-order valence-corrected chi connectivity index (χ2v) is 9.74. The molecule has 3 fully saturated rings. The van der Waals surface area contributed by atoms with Crippen LogP contribution in [-0.2, 0) is 19.1 Å². The Balaban J connectivity index is 1.75. The molecule has 0 saturated carbocycles. The minimum absolute atomic E-state index is 0.00257. The zero-order valence-electron chi connectivity index (χ0n) is 19.3. The lowest BCUT2D eigenvalue weighted by atomic mass is 9.65. The number of nitrogens with zero attached hydrogens (tertiary/aromatic N) is 1. The Morgan fingerprint density at radius 2 is 2.03 bits per heavy atom. The number of hydrogen-bond acceptors (Lipinski definition) is 5. The molecule has 3 amide bonds. The van der Waals surface area contributed by atoms with Gasteiger partial charge in [0.25, 0.3) is 0 Å². The highest BCUT2D eigenvalue weighted by atomic mass is 35.5. The molecule has 5 atom stereocenters. The maximum Gasteiger partial charge on any atom is 0.250 e. The zero-order valence-corrected chi connectivity index (χ0v) is 20.1. The Morgan fingerprint density at radius 1 is 1.27 bits per heavy atom. The lowest BCUT2D eigenvalue weighted by Crippen LogP contribution is -2.53. The van der Waals surface area contributed by atoms with E-state index in [0.29, 0.717) is 49.4 Å². The van der Waals surface area contributed by atoms with E-state index in [0.717, 1.165) is 5.56 Å². The van der Waals surface area contributed by atoms with E-state index in [4.69, 9.17) is 16.3 Å². The summed E-state index contributed by atoms with van der Waals surface area (Å²) < 4.78 is 6.63. The number of aliphatic hydroxyl groups excluding tert-OH is 1. The molecule has 0 aromatic heterocycles. The van der Waals surface area contributed by atoms with E-state index in [1.165, 1.54) is 0 Å². The van der Waals surface area contributed by atoms with Gasteiger partial charge in [0, 0.05) is 20.2 Å². The second kappa shape index (κ2) is 8.89. The fourth-order valence-electron chi connectivity index (χ4n) is 6.19. The van der Waals surface area contributed by atoms with Crippen molar-refractivity contribution in [2.75, 3.05) is 25.5 Å². The molecule has 1 aromatic rings. The van der Waals surface area contributed by atoms with E-state index < -0.39 is 29.1 Å². The van der Waals surface area contributed by atoms with Gasteiger partial charge in [-0.1, -0.05) is 30.7 Å². The van der Waals surface area contributed by atoms with Gasteiger partial charge in [-0.2, -0.15) is 0 Å². The Morgan fingerprint density at radius 3 is 2.67 bits per heavy atom. The number of rotatable bonds is 8. The number of likely N-dealkylation sites (tertiary alicyclic amines) is 1. The van der Waals surface area contributed by atoms with E-state index in [2.05, 4.69) is 10.6 Å². The molecule has 0 aliphatic carbocycles. The van der Waals surface area contributed by atoms with Gasteiger partial charge in [0.05, 0.1) is 28.1 Å². The van der Waals surface area contributed by atoms with Crippen molar-refractivity contribution in [1.82, 2.24) is 10.2 Å². The molecule has 1 aromatic carbocycles. The Bertz CT molecular complexity index is 951. The van der Waals surface area contributed by atoms with Crippen LogP contribution in [0.4, 0.5) is 5.69 Å². The van der Waals surface area contributed by atoms with Crippen LogP contribution >= 0.6 is 11.6 Å². The van der Waals surface area contributed by atoms with Crippen LogP contribution in [0.1, 0.15) is 44.6 Å². The number of aliphatic hydroxyl groups is 1. The van der Waals surface area contributed by atoms with Gasteiger partial charge in [-0.3, -0.25) is 14.4 Å². The standard InChI is InChI=1S/C24H32ClN3O5/c1-4-23-10-11-24(33-23)17(16(23)20(30)26-3)22(32)28(12-5-6-13-29)19(24)21(31)27-18-14(2)8-7-9-15(18)25/h7-9,16-17,19,29H,4-6,10-13H2,1-3H3,(H,26,30)(H,27,31)/t16-,17-,19?,23+,24?/m0/s1. The number of nitrogens with one attached hydrogen (secondary N) is 2. The van der Waals surface area contributed by atoms with Crippen molar-refractivity contribution in [3.8, 4) is 0 Å². The summed E-state index contributed by atoms with van der Waals surface area (Å²) in [6, 6.07) is 4.48. The Kier molecular flexibility index (Phi) is 6.46. The predicted octanol–water partition coefficient (Wildman–Crippen LogP) is 2.26. The molecule has 9 heteroatoms. The zero-order chi connectivity index (χ0) is 24.0. The van der Waals surface area contributed by atoms with E-state index in [1.807, 2.05) is 26.0 Å². The summed E-state index contributed by atoms with van der Waals surface area (Å²) in [5.41, 5.74) is -0.502. The van der Waals surface area contributed by atoms with Crippen molar-refractivity contribution in [1.29, 1.82) is 0 Å². The number of aryl methyl sites for hydroxylation is 1. The minimum atomic E-state index is -1.07. The molecule has 3 aliphatic rings. The van der Waals surface area contributed by atoms with E-state index in [9.17, 15) is 19.5 Å².